The van der Waals surface area contributed by atoms with Gasteiger partial charge in [0.25, 0.3) is 0 Å². The zero-order valence-corrected chi connectivity index (χ0v) is 11.3. The van der Waals surface area contributed by atoms with E-state index in [1.54, 1.807) is 0 Å². The fraction of sp³-hybridized carbons (Fsp3) is 0.615. The van der Waals surface area contributed by atoms with Crippen LogP contribution >= 0.6 is 0 Å². The Balaban J connectivity index is 3.20. The van der Waals surface area contributed by atoms with Crippen LogP contribution in [0.5, 0.6) is 0 Å². The molecule has 90 valence electrons. The van der Waals surface area contributed by atoms with Crippen LogP contribution < -0.4 is 5.73 Å². The van der Waals surface area contributed by atoms with Crippen molar-refractivity contribution in [2.75, 3.05) is 0 Å². The Bertz CT molecular complexity index is 362. The molecule has 0 saturated heterocycles. The molecule has 0 unspecified atom stereocenters. The van der Waals surface area contributed by atoms with Gasteiger partial charge in [0.15, 0.2) is 0 Å². The van der Waals surface area contributed by atoms with Crippen LogP contribution in [0.1, 0.15) is 41.5 Å². The predicted octanol–water partition coefficient (Wildman–Crippen LogP) is 2.86. The molecule has 0 atom stereocenters. The molecule has 0 amide bonds. The van der Waals surface area contributed by atoms with Crippen molar-refractivity contribution >= 4 is 5.84 Å². The van der Waals surface area contributed by atoms with Crippen LogP contribution in [0, 0.1) is 5.41 Å². The average Bonchev–Trinajstić information content (AvgIpc) is 1.97. The Morgan fingerprint density at radius 3 is 2.06 bits per heavy atom. The zero-order valence-electron chi connectivity index (χ0n) is 11.3. The lowest BCUT2D eigenvalue weighted by atomic mass is 9.85. The van der Waals surface area contributed by atoms with E-state index < -0.39 is 0 Å². The molecule has 16 heavy (non-hydrogen) atoms. The number of amidine groups is 1. The summed E-state index contributed by atoms with van der Waals surface area (Å²) in [5.74, 6) is 1.29. The van der Waals surface area contributed by atoms with Crippen LogP contribution in [0.4, 0.5) is 0 Å². The van der Waals surface area contributed by atoms with Gasteiger partial charge in [-0.1, -0.05) is 27.4 Å². The SMILES string of the molecule is C=C1N=C(N)C(C(C)(C)C)=CN1C(C)(C)C. The maximum absolute atomic E-state index is 5.96. The summed E-state index contributed by atoms with van der Waals surface area (Å²) in [5, 5.41) is 0. The van der Waals surface area contributed by atoms with Gasteiger partial charge in [0.2, 0.25) is 0 Å². The van der Waals surface area contributed by atoms with Crippen molar-refractivity contribution in [3.8, 4) is 0 Å². The Kier molecular flexibility index (Phi) is 2.92. The molecule has 0 fully saturated rings. The van der Waals surface area contributed by atoms with E-state index in [0.717, 1.165) is 5.57 Å². The van der Waals surface area contributed by atoms with E-state index in [-0.39, 0.29) is 11.0 Å². The highest BCUT2D eigenvalue weighted by Crippen LogP contribution is 2.32. The molecule has 1 heterocycles. The fourth-order valence-electron chi connectivity index (χ4n) is 1.68. The maximum Gasteiger partial charge on any atom is 0.131 e. The first-order valence-corrected chi connectivity index (χ1v) is 5.58. The molecule has 1 aliphatic heterocycles. The van der Waals surface area contributed by atoms with E-state index in [9.17, 15) is 0 Å². The number of aliphatic imine (C=N–C) groups is 1. The number of hydrogen-bond acceptors (Lipinski definition) is 3. The van der Waals surface area contributed by atoms with Crippen LogP contribution in [0.25, 0.3) is 0 Å². The molecule has 2 N–H and O–H groups in total. The maximum atomic E-state index is 5.96. The quantitative estimate of drug-likeness (QED) is 0.683. The lowest BCUT2D eigenvalue weighted by Crippen LogP contribution is -2.41. The molecule has 1 aliphatic rings. The smallest absolute Gasteiger partial charge is 0.131 e. The van der Waals surface area contributed by atoms with Crippen molar-refractivity contribution in [3.05, 3.63) is 24.2 Å². The van der Waals surface area contributed by atoms with Gasteiger partial charge in [-0.05, 0) is 26.2 Å². The second-order valence-electron chi connectivity index (χ2n) is 6.25. The Hall–Kier alpha value is -1.25. The average molecular weight is 221 g/mol. The Morgan fingerprint density at radius 1 is 1.19 bits per heavy atom. The molecule has 1 rings (SSSR count). The summed E-state index contributed by atoms with van der Waals surface area (Å²) < 4.78 is 0. The summed E-state index contributed by atoms with van der Waals surface area (Å²) in [7, 11) is 0. The van der Waals surface area contributed by atoms with Crippen molar-refractivity contribution in [1.82, 2.24) is 4.90 Å². The van der Waals surface area contributed by atoms with E-state index in [0.29, 0.717) is 11.7 Å². The van der Waals surface area contributed by atoms with Crippen molar-refractivity contribution in [3.63, 3.8) is 0 Å². The molecular formula is C13H23N3. The molecule has 0 aliphatic carbocycles. The minimum atomic E-state index is -0.0300. The molecule has 0 aromatic carbocycles. The standard InChI is InChI=1S/C13H23N3/c1-9-15-11(14)10(12(2,3)4)8-16(9)13(5,6)7/h8H,1H2,2-7H3,(H2,14,15). The van der Waals surface area contributed by atoms with Gasteiger partial charge in [-0.3, -0.25) is 0 Å². The number of hydrogen-bond donors (Lipinski definition) is 1. The van der Waals surface area contributed by atoms with Gasteiger partial charge in [0.05, 0.1) is 0 Å². The number of rotatable bonds is 0. The van der Waals surface area contributed by atoms with Crippen LogP contribution in [0.2, 0.25) is 0 Å². The van der Waals surface area contributed by atoms with Gasteiger partial charge in [-0.15, -0.1) is 0 Å². The Labute approximate surface area is 98.7 Å². The highest BCUT2D eigenvalue weighted by atomic mass is 15.3. The third-order valence-corrected chi connectivity index (χ3v) is 2.59. The molecule has 0 spiro atoms. The van der Waals surface area contributed by atoms with Crippen molar-refractivity contribution in [2.45, 2.75) is 47.1 Å². The van der Waals surface area contributed by atoms with Gasteiger partial charge in [0.1, 0.15) is 11.7 Å². The summed E-state index contributed by atoms with van der Waals surface area (Å²) in [5.41, 5.74) is 6.99. The van der Waals surface area contributed by atoms with Crippen LogP contribution in [-0.2, 0) is 0 Å². The van der Waals surface area contributed by atoms with Gasteiger partial charge in [0, 0.05) is 17.3 Å². The van der Waals surface area contributed by atoms with Crippen LogP contribution in [-0.4, -0.2) is 16.3 Å². The normalized spacial score (nSPS) is 18.4. The third-order valence-electron chi connectivity index (χ3n) is 2.59. The van der Waals surface area contributed by atoms with Gasteiger partial charge in [-0.25, -0.2) is 4.99 Å². The number of nitrogens with two attached hydrogens (primary N) is 1. The second-order valence-corrected chi connectivity index (χ2v) is 6.25. The molecule has 0 bridgehead atoms. The van der Waals surface area contributed by atoms with E-state index in [1.807, 2.05) is 0 Å². The minimum absolute atomic E-state index is 0.00220. The summed E-state index contributed by atoms with van der Waals surface area (Å²) in [6, 6.07) is 0. The van der Waals surface area contributed by atoms with Gasteiger partial charge >= 0.3 is 0 Å². The van der Waals surface area contributed by atoms with E-state index >= 15 is 0 Å². The van der Waals surface area contributed by atoms with Crippen LogP contribution in [0.15, 0.2) is 29.2 Å². The molecule has 0 aromatic rings. The summed E-state index contributed by atoms with van der Waals surface area (Å²) >= 11 is 0. The van der Waals surface area contributed by atoms with Crippen molar-refractivity contribution < 1.29 is 0 Å². The highest BCUT2D eigenvalue weighted by molar-refractivity contribution is 5.99. The third kappa shape index (κ3) is 2.46. The number of nitrogens with zero attached hydrogens (tertiary/aromatic N) is 2. The van der Waals surface area contributed by atoms with E-state index in [2.05, 4.69) is 64.2 Å². The summed E-state index contributed by atoms with van der Waals surface area (Å²) in [4.78, 5) is 6.41. The minimum Gasteiger partial charge on any atom is -0.383 e. The van der Waals surface area contributed by atoms with Crippen molar-refractivity contribution in [2.24, 2.45) is 16.1 Å². The molecular weight excluding hydrogens is 198 g/mol. The molecule has 0 saturated carbocycles. The second kappa shape index (κ2) is 3.65. The lowest BCUT2D eigenvalue weighted by molar-refractivity contribution is 0.250. The van der Waals surface area contributed by atoms with E-state index in [1.165, 1.54) is 0 Å². The first-order valence-electron chi connectivity index (χ1n) is 5.58. The fourth-order valence-corrected chi connectivity index (χ4v) is 1.68. The summed E-state index contributed by atoms with van der Waals surface area (Å²) in [6.07, 6.45) is 2.07. The first-order chi connectivity index (χ1) is 7.03. The first kappa shape index (κ1) is 12.8. The summed E-state index contributed by atoms with van der Waals surface area (Å²) in [6.45, 7) is 16.7. The Morgan fingerprint density at radius 2 is 1.69 bits per heavy atom. The molecule has 0 aromatic heterocycles. The van der Waals surface area contributed by atoms with Gasteiger partial charge < -0.3 is 10.6 Å². The van der Waals surface area contributed by atoms with E-state index in [4.69, 9.17) is 5.73 Å². The highest BCUT2D eigenvalue weighted by Gasteiger charge is 2.30. The zero-order chi connectivity index (χ0) is 12.7. The molecule has 3 heteroatoms. The predicted molar refractivity (Wildman–Crippen MR) is 69.9 cm³/mol. The molecule has 0 radical (unpaired) electrons. The monoisotopic (exact) mass is 221 g/mol. The van der Waals surface area contributed by atoms with Gasteiger partial charge in [-0.2, -0.15) is 0 Å². The lowest BCUT2D eigenvalue weighted by Gasteiger charge is -2.39. The largest absolute Gasteiger partial charge is 0.383 e. The molecule has 3 nitrogen and oxygen atoms in total. The van der Waals surface area contributed by atoms with Crippen LogP contribution in [0.3, 0.4) is 0 Å². The van der Waals surface area contributed by atoms with Crippen molar-refractivity contribution in [1.29, 1.82) is 0 Å². The topological polar surface area (TPSA) is 41.6 Å².